The van der Waals surface area contributed by atoms with Crippen molar-refractivity contribution in [2.45, 2.75) is 18.4 Å². The summed E-state index contributed by atoms with van der Waals surface area (Å²) in [5, 5.41) is 5.78. The summed E-state index contributed by atoms with van der Waals surface area (Å²) >= 11 is 0. The Hall–Kier alpha value is -4.85. The summed E-state index contributed by atoms with van der Waals surface area (Å²) in [4.78, 5) is 35.2. The Labute approximate surface area is 217 Å². The van der Waals surface area contributed by atoms with E-state index < -0.39 is 5.54 Å². The Kier molecular flexibility index (Phi) is 5.72. The van der Waals surface area contributed by atoms with E-state index in [1.165, 1.54) is 19.2 Å². The number of carbonyl (C=O) groups excluding carboxylic acids is 2. The van der Waals surface area contributed by atoms with Crippen molar-refractivity contribution in [2.24, 2.45) is 0 Å². The van der Waals surface area contributed by atoms with E-state index in [9.17, 15) is 14.0 Å². The second kappa shape index (κ2) is 9.23. The summed E-state index contributed by atoms with van der Waals surface area (Å²) < 4.78 is 19.5. The molecule has 8 heteroatoms. The zero-order valence-corrected chi connectivity index (χ0v) is 20.5. The number of rotatable bonds is 6. The number of hydrogen-bond acceptors (Lipinski definition) is 5. The SMILES string of the molecule is CNC(=O)c1c(-c2ccc(F)cc2)oc2ccc(-c3cccc(C(=O)NC4(c5ccccn5)CC4)c3)nc12. The van der Waals surface area contributed by atoms with Gasteiger partial charge in [-0.1, -0.05) is 18.2 Å². The van der Waals surface area contributed by atoms with Gasteiger partial charge in [0.05, 0.1) is 16.9 Å². The summed E-state index contributed by atoms with van der Waals surface area (Å²) in [5.74, 6) is -0.640. The van der Waals surface area contributed by atoms with Gasteiger partial charge in [-0.25, -0.2) is 9.37 Å². The van der Waals surface area contributed by atoms with Gasteiger partial charge in [0.1, 0.15) is 22.7 Å². The molecule has 0 unspecified atom stereocenters. The van der Waals surface area contributed by atoms with Crippen LogP contribution in [0.3, 0.4) is 0 Å². The lowest BCUT2D eigenvalue weighted by atomic mass is 10.0. The molecule has 3 aromatic heterocycles. The van der Waals surface area contributed by atoms with Gasteiger partial charge in [0, 0.05) is 29.9 Å². The molecule has 38 heavy (non-hydrogen) atoms. The average Bonchev–Trinajstić information content (AvgIpc) is 3.64. The lowest BCUT2D eigenvalue weighted by Crippen LogP contribution is -2.35. The summed E-state index contributed by atoms with van der Waals surface area (Å²) in [5.41, 5.74) is 3.84. The van der Waals surface area contributed by atoms with E-state index in [1.54, 1.807) is 48.7 Å². The van der Waals surface area contributed by atoms with Gasteiger partial charge in [-0.05, 0) is 73.5 Å². The molecule has 0 aliphatic heterocycles. The summed E-state index contributed by atoms with van der Waals surface area (Å²) in [6.07, 6.45) is 3.41. The Morgan fingerprint density at radius 2 is 1.74 bits per heavy atom. The van der Waals surface area contributed by atoms with Gasteiger partial charge in [0.15, 0.2) is 5.58 Å². The van der Waals surface area contributed by atoms with Crippen LogP contribution in [0.2, 0.25) is 0 Å². The largest absolute Gasteiger partial charge is 0.454 e. The van der Waals surface area contributed by atoms with E-state index in [4.69, 9.17) is 9.40 Å². The molecule has 0 atom stereocenters. The van der Waals surface area contributed by atoms with Crippen LogP contribution in [0.5, 0.6) is 0 Å². The van der Waals surface area contributed by atoms with Crippen LogP contribution in [0.1, 0.15) is 39.3 Å². The van der Waals surface area contributed by atoms with Crippen molar-refractivity contribution in [1.29, 1.82) is 0 Å². The third-order valence-electron chi connectivity index (χ3n) is 6.77. The number of carbonyl (C=O) groups is 2. The highest BCUT2D eigenvalue weighted by molar-refractivity contribution is 6.10. The first-order valence-electron chi connectivity index (χ1n) is 12.2. The van der Waals surface area contributed by atoms with Crippen LogP contribution >= 0.6 is 0 Å². The van der Waals surface area contributed by atoms with Crippen LogP contribution in [0.25, 0.3) is 33.7 Å². The Bertz CT molecular complexity index is 1680. The molecule has 2 amide bonds. The molecule has 0 bridgehead atoms. The molecule has 1 aliphatic rings. The zero-order valence-electron chi connectivity index (χ0n) is 20.5. The van der Waals surface area contributed by atoms with Gasteiger partial charge >= 0.3 is 0 Å². The topological polar surface area (TPSA) is 97.1 Å². The van der Waals surface area contributed by atoms with Crippen molar-refractivity contribution in [3.8, 4) is 22.6 Å². The van der Waals surface area contributed by atoms with Crippen molar-refractivity contribution in [2.75, 3.05) is 7.05 Å². The highest BCUT2D eigenvalue weighted by Crippen LogP contribution is 2.44. The van der Waals surface area contributed by atoms with Gasteiger partial charge in [-0.3, -0.25) is 14.6 Å². The summed E-state index contributed by atoms with van der Waals surface area (Å²) in [7, 11) is 1.53. The maximum atomic E-state index is 13.5. The highest BCUT2D eigenvalue weighted by Gasteiger charge is 2.47. The molecule has 0 spiro atoms. The molecule has 6 rings (SSSR count). The molecule has 3 heterocycles. The first-order valence-corrected chi connectivity index (χ1v) is 12.2. The van der Waals surface area contributed by atoms with Gasteiger partial charge < -0.3 is 15.1 Å². The molecule has 0 saturated heterocycles. The Morgan fingerprint density at radius 3 is 2.45 bits per heavy atom. The van der Waals surface area contributed by atoms with Crippen molar-refractivity contribution in [3.63, 3.8) is 0 Å². The van der Waals surface area contributed by atoms with E-state index in [1.807, 2.05) is 24.3 Å². The van der Waals surface area contributed by atoms with E-state index in [2.05, 4.69) is 15.6 Å². The van der Waals surface area contributed by atoms with Crippen LogP contribution in [-0.2, 0) is 5.54 Å². The molecule has 2 N–H and O–H groups in total. The van der Waals surface area contributed by atoms with Crippen LogP contribution in [0.4, 0.5) is 4.39 Å². The molecule has 1 aliphatic carbocycles. The second-order valence-corrected chi connectivity index (χ2v) is 9.27. The van der Waals surface area contributed by atoms with Crippen LogP contribution < -0.4 is 10.6 Å². The molecule has 1 fully saturated rings. The third kappa shape index (κ3) is 4.20. The normalized spacial score (nSPS) is 13.7. The van der Waals surface area contributed by atoms with Crippen LogP contribution in [0.15, 0.2) is 89.5 Å². The number of amides is 2. The van der Waals surface area contributed by atoms with E-state index in [0.29, 0.717) is 33.7 Å². The Balaban J connectivity index is 1.35. The minimum Gasteiger partial charge on any atom is -0.454 e. The Morgan fingerprint density at radius 1 is 0.921 bits per heavy atom. The maximum absolute atomic E-state index is 13.5. The fourth-order valence-electron chi connectivity index (χ4n) is 4.60. The number of pyridine rings is 2. The van der Waals surface area contributed by atoms with E-state index >= 15 is 0 Å². The number of halogens is 1. The molecule has 188 valence electrons. The molecule has 7 nitrogen and oxygen atoms in total. The molecule has 1 saturated carbocycles. The van der Waals surface area contributed by atoms with Crippen molar-refractivity contribution in [1.82, 2.24) is 20.6 Å². The first kappa shape index (κ1) is 23.5. The fraction of sp³-hybridized carbons (Fsp3) is 0.133. The molecular weight excluding hydrogens is 483 g/mol. The smallest absolute Gasteiger partial charge is 0.257 e. The number of hydrogen-bond donors (Lipinski definition) is 2. The van der Waals surface area contributed by atoms with Gasteiger partial charge in [-0.15, -0.1) is 0 Å². The van der Waals surface area contributed by atoms with Crippen LogP contribution in [-0.4, -0.2) is 28.8 Å². The van der Waals surface area contributed by atoms with Crippen LogP contribution in [0, 0.1) is 5.82 Å². The third-order valence-corrected chi connectivity index (χ3v) is 6.77. The van der Waals surface area contributed by atoms with Gasteiger partial charge in [0.2, 0.25) is 0 Å². The lowest BCUT2D eigenvalue weighted by molar-refractivity contribution is 0.0928. The maximum Gasteiger partial charge on any atom is 0.257 e. The highest BCUT2D eigenvalue weighted by atomic mass is 19.1. The van der Waals surface area contributed by atoms with Gasteiger partial charge in [-0.2, -0.15) is 0 Å². The molecule has 2 aromatic carbocycles. The van der Waals surface area contributed by atoms with E-state index in [-0.39, 0.29) is 23.2 Å². The first-order chi connectivity index (χ1) is 18.5. The predicted octanol–water partition coefficient (Wildman–Crippen LogP) is 5.47. The fourth-order valence-corrected chi connectivity index (χ4v) is 4.60. The summed E-state index contributed by atoms with van der Waals surface area (Å²) in [6.45, 7) is 0. The average molecular weight is 507 g/mol. The van der Waals surface area contributed by atoms with E-state index in [0.717, 1.165) is 24.1 Å². The number of fused-ring (bicyclic) bond motifs is 1. The van der Waals surface area contributed by atoms with Crippen molar-refractivity contribution < 1.29 is 18.4 Å². The number of benzene rings is 2. The number of furan rings is 1. The molecule has 0 radical (unpaired) electrons. The molecular formula is C30H23FN4O3. The minimum absolute atomic E-state index is 0.191. The lowest BCUT2D eigenvalue weighted by Gasteiger charge is -2.17. The van der Waals surface area contributed by atoms with Gasteiger partial charge in [0.25, 0.3) is 11.8 Å². The zero-order chi connectivity index (χ0) is 26.3. The standard InChI is InChI=1S/C30H23FN4O3/c1-32-29(37)25-26-23(38-27(25)18-8-10-21(31)11-9-18)13-12-22(34-26)19-5-4-6-20(17-19)28(36)35-30(14-15-30)24-7-2-3-16-33-24/h2-13,16-17H,14-15H2,1H3,(H,32,37)(H,35,36). The predicted molar refractivity (Wildman–Crippen MR) is 141 cm³/mol. The monoisotopic (exact) mass is 506 g/mol. The minimum atomic E-state index is -0.429. The second-order valence-electron chi connectivity index (χ2n) is 9.27. The number of nitrogens with zero attached hydrogens (tertiary/aromatic N) is 2. The summed E-state index contributed by atoms with van der Waals surface area (Å²) in [6, 6.07) is 22.1. The number of aromatic nitrogens is 2. The quantitative estimate of drug-likeness (QED) is 0.318. The van der Waals surface area contributed by atoms with Crippen molar-refractivity contribution in [3.05, 3.63) is 108 Å². The number of nitrogens with one attached hydrogen (secondary N) is 2. The van der Waals surface area contributed by atoms with Crippen molar-refractivity contribution >= 4 is 22.9 Å². The molecule has 5 aromatic rings.